The van der Waals surface area contributed by atoms with E-state index in [1.165, 1.54) is 11.3 Å². The van der Waals surface area contributed by atoms with E-state index < -0.39 is 5.91 Å². The van der Waals surface area contributed by atoms with Crippen molar-refractivity contribution in [3.05, 3.63) is 95.4 Å². The Bertz CT molecular complexity index is 1680. The second kappa shape index (κ2) is 10.9. The van der Waals surface area contributed by atoms with Crippen LogP contribution in [-0.2, 0) is 17.8 Å². The molecule has 0 aliphatic carbocycles. The van der Waals surface area contributed by atoms with Crippen molar-refractivity contribution in [1.29, 1.82) is 0 Å². The van der Waals surface area contributed by atoms with Gasteiger partial charge < -0.3 is 20.9 Å². The Kier molecular flexibility index (Phi) is 7.20. The summed E-state index contributed by atoms with van der Waals surface area (Å²) in [6, 6.07) is 20.0. The molecule has 0 saturated carbocycles. The number of Topliss-reactive ketones (excluding diaryl/α,β-unsaturated/α-hetero) is 1. The number of imidazole rings is 1. The lowest BCUT2D eigenvalue weighted by Gasteiger charge is -2.17. The van der Waals surface area contributed by atoms with Crippen LogP contribution >= 0.6 is 11.3 Å². The van der Waals surface area contributed by atoms with Crippen LogP contribution in [0.4, 0.5) is 11.4 Å². The highest BCUT2D eigenvalue weighted by Crippen LogP contribution is 2.34. The average Bonchev–Trinajstić information content (AvgIpc) is 3.51. The Morgan fingerprint density at radius 1 is 1.03 bits per heavy atom. The topological polar surface area (TPSA) is 137 Å². The van der Waals surface area contributed by atoms with E-state index in [1.807, 2.05) is 47.0 Å². The van der Waals surface area contributed by atoms with Crippen LogP contribution in [0.25, 0.3) is 21.5 Å². The first-order valence-electron chi connectivity index (χ1n) is 12.3. The quantitative estimate of drug-likeness (QED) is 0.268. The van der Waals surface area contributed by atoms with Crippen molar-refractivity contribution in [2.75, 3.05) is 17.7 Å². The molecule has 0 fully saturated rings. The summed E-state index contributed by atoms with van der Waals surface area (Å²) in [5.74, 6) is -0.306. The number of aromatic nitrogens is 3. The van der Waals surface area contributed by atoms with E-state index in [2.05, 4.69) is 4.98 Å². The number of hydrogen-bond donors (Lipinski definition) is 2. The molecule has 0 radical (unpaired) electrons. The number of benzene rings is 2. The number of fused-ring (bicyclic) bond motifs is 1. The molecule has 0 saturated heterocycles. The van der Waals surface area contributed by atoms with Crippen molar-refractivity contribution in [3.8, 4) is 10.4 Å². The van der Waals surface area contributed by atoms with Crippen molar-refractivity contribution in [2.45, 2.75) is 19.4 Å². The number of hydrogen-bond acceptors (Lipinski definition) is 7. The molecule has 9 nitrogen and oxygen atoms in total. The summed E-state index contributed by atoms with van der Waals surface area (Å²) < 4.78 is 1.83. The van der Waals surface area contributed by atoms with Gasteiger partial charge in [0.05, 0.1) is 28.0 Å². The molecule has 2 aromatic carbocycles. The number of nitrogens with zero attached hydrogens (tertiary/aromatic N) is 4. The number of ketones is 1. The maximum atomic E-state index is 13.4. The first-order valence-corrected chi connectivity index (χ1v) is 13.1. The third-order valence-corrected chi connectivity index (χ3v) is 7.63. The van der Waals surface area contributed by atoms with E-state index >= 15 is 0 Å². The molecule has 5 rings (SSSR count). The van der Waals surface area contributed by atoms with Crippen molar-refractivity contribution in [3.63, 3.8) is 0 Å². The lowest BCUT2D eigenvalue weighted by atomic mass is 10.2. The molecule has 0 atom stereocenters. The number of nitrogens with two attached hydrogens (primary N) is 2. The molecular formula is C29H26N6O3S. The largest absolute Gasteiger partial charge is 0.397 e. The highest BCUT2D eigenvalue weighted by Gasteiger charge is 2.21. The van der Waals surface area contributed by atoms with Crippen LogP contribution in [0.2, 0.25) is 0 Å². The zero-order chi connectivity index (χ0) is 27.5. The summed E-state index contributed by atoms with van der Waals surface area (Å²) in [7, 11) is 1.70. The smallest absolute Gasteiger partial charge is 0.258 e. The molecule has 39 heavy (non-hydrogen) atoms. The Hall–Kier alpha value is -4.83. The van der Waals surface area contributed by atoms with Gasteiger partial charge >= 0.3 is 0 Å². The molecular weight excluding hydrogens is 512 g/mol. The van der Waals surface area contributed by atoms with E-state index in [0.717, 1.165) is 16.0 Å². The van der Waals surface area contributed by atoms with Gasteiger partial charge in [0, 0.05) is 54.1 Å². The fraction of sp³-hybridized carbons (Fsp3) is 0.138. The van der Waals surface area contributed by atoms with E-state index in [4.69, 9.17) is 16.5 Å². The second-order valence-electron chi connectivity index (χ2n) is 9.04. The van der Waals surface area contributed by atoms with Crippen molar-refractivity contribution in [1.82, 2.24) is 14.5 Å². The molecule has 4 N–H and O–H groups in total. The van der Waals surface area contributed by atoms with Gasteiger partial charge in [0.2, 0.25) is 5.91 Å². The maximum Gasteiger partial charge on any atom is 0.258 e. The van der Waals surface area contributed by atoms with Gasteiger partial charge in [-0.05, 0) is 42.5 Å². The minimum Gasteiger partial charge on any atom is -0.397 e. The molecule has 0 unspecified atom stereocenters. The zero-order valence-electron chi connectivity index (χ0n) is 21.2. The SMILES string of the molecule is CN(C(=O)c1ccccc1)c1ccc2c(c1)nc(CC(=O)c1sc(-c3cccnc3)cc1N)n2CCC(N)=O. The van der Waals surface area contributed by atoms with Crippen LogP contribution in [0.5, 0.6) is 0 Å². The number of carbonyl (C=O) groups is 3. The van der Waals surface area contributed by atoms with Gasteiger partial charge in [-0.15, -0.1) is 11.3 Å². The number of aryl methyl sites for hydroxylation is 1. The van der Waals surface area contributed by atoms with Crippen molar-refractivity contribution in [2.24, 2.45) is 5.73 Å². The van der Waals surface area contributed by atoms with Gasteiger partial charge in [-0.1, -0.05) is 24.3 Å². The minimum atomic E-state index is -0.456. The standard InChI is InChI=1S/C29H26N6O3S/c1-34(29(38)18-6-3-2-4-7-18)20-9-10-23-22(14-20)33-27(35(23)13-11-26(31)37)16-24(36)28-21(30)15-25(39-28)19-8-5-12-32-17-19/h2-10,12,14-15,17H,11,13,16,30H2,1H3,(H2,31,37). The number of primary amides is 1. The molecule has 3 heterocycles. The normalized spacial score (nSPS) is 11.0. The van der Waals surface area contributed by atoms with E-state index in [0.29, 0.717) is 33.2 Å². The number of anilines is 2. The minimum absolute atomic E-state index is 0.0151. The molecule has 0 aliphatic heterocycles. The molecule has 0 spiro atoms. The van der Waals surface area contributed by atoms with Gasteiger partial charge in [-0.25, -0.2) is 4.98 Å². The fourth-order valence-corrected chi connectivity index (χ4v) is 5.38. The van der Waals surface area contributed by atoms with Gasteiger partial charge in [-0.3, -0.25) is 19.4 Å². The predicted molar refractivity (Wildman–Crippen MR) is 153 cm³/mol. The Balaban J connectivity index is 1.47. The first-order chi connectivity index (χ1) is 18.8. The summed E-state index contributed by atoms with van der Waals surface area (Å²) in [6.07, 6.45) is 3.48. The summed E-state index contributed by atoms with van der Waals surface area (Å²) in [6.45, 7) is 0.271. The molecule has 10 heteroatoms. The molecule has 2 amide bonds. The third-order valence-electron chi connectivity index (χ3n) is 6.38. The van der Waals surface area contributed by atoms with Gasteiger partial charge in [-0.2, -0.15) is 0 Å². The average molecular weight is 539 g/mol. The number of thiophene rings is 1. The molecule has 196 valence electrons. The lowest BCUT2D eigenvalue weighted by Crippen LogP contribution is -2.26. The zero-order valence-corrected chi connectivity index (χ0v) is 22.0. The number of carbonyl (C=O) groups excluding carboxylic acids is 3. The first kappa shape index (κ1) is 25.8. The highest BCUT2D eigenvalue weighted by atomic mass is 32.1. The highest BCUT2D eigenvalue weighted by molar-refractivity contribution is 7.18. The van der Waals surface area contributed by atoms with Gasteiger partial charge in [0.15, 0.2) is 5.78 Å². The van der Waals surface area contributed by atoms with E-state index in [9.17, 15) is 14.4 Å². The predicted octanol–water partition coefficient (Wildman–Crippen LogP) is 4.32. The summed E-state index contributed by atoms with van der Waals surface area (Å²) in [5.41, 5.74) is 15.5. The van der Waals surface area contributed by atoms with Crippen LogP contribution < -0.4 is 16.4 Å². The van der Waals surface area contributed by atoms with Crippen molar-refractivity contribution < 1.29 is 14.4 Å². The fourth-order valence-electron chi connectivity index (χ4n) is 4.37. The number of pyridine rings is 1. The number of amides is 2. The Morgan fingerprint density at radius 2 is 1.82 bits per heavy atom. The van der Waals surface area contributed by atoms with Crippen molar-refractivity contribution >= 4 is 51.3 Å². The molecule has 0 aliphatic rings. The monoisotopic (exact) mass is 538 g/mol. The third kappa shape index (κ3) is 5.41. The number of rotatable bonds is 9. The molecule has 0 bridgehead atoms. The number of nitrogen functional groups attached to an aromatic ring is 1. The second-order valence-corrected chi connectivity index (χ2v) is 10.1. The van der Waals surface area contributed by atoms with Crippen LogP contribution in [0, 0.1) is 0 Å². The Labute approximate surface area is 228 Å². The Morgan fingerprint density at radius 3 is 2.54 bits per heavy atom. The maximum absolute atomic E-state index is 13.4. The summed E-state index contributed by atoms with van der Waals surface area (Å²) in [5, 5.41) is 0. The molecule has 5 aromatic rings. The summed E-state index contributed by atoms with van der Waals surface area (Å²) in [4.78, 5) is 49.6. The van der Waals surface area contributed by atoms with Crippen LogP contribution in [0.3, 0.4) is 0 Å². The summed E-state index contributed by atoms with van der Waals surface area (Å²) >= 11 is 1.31. The van der Waals surface area contributed by atoms with Crippen LogP contribution in [0.1, 0.15) is 32.3 Å². The van der Waals surface area contributed by atoms with Gasteiger partial charge in [0.1, 0.15) is 5.82 Å². The van der Waals surface area contributed by atoms with Gasteiger partial charge in [0.25, 0.3) is 5.91 Å². The lowest BCUT2D eigenvalue weighted by molar-refractivity contribution is -0.118. The van der Waals surface area contributed by atoms with E-state index in [1.54, 1.807) is 48.6 Å². The molecule has 3 aromatic heterocycles. The van der Waals surface area contributed by atoms with E-state index in [-0.39, 0.29) is 31.1 Å². The van der Waals surface area contributed by atoms with Crippen LogP contribution in [-0.4, -0.2) is 39.2 Å². The van der Waals surface area contributed by atoms with Crippen LogP contribution in [0.15, 0.2) is 79.1 Å².